The molecule has 4 rings (SSSR count). The van der Waals surface area contributed by atoms with Crippen molar-refractivity contribution in [3.63, 3.8) is 0 Å². The van der Waals surface area contributed by atoms with Crippen LogP contribution in [0.3, 0.4) is 0 Å². The highest BCUT2D eigenvalue weighted by molar-refractivity contribution is 5.75. The molecule has 0 aliphatic heterocycles. The molecule has 1 aliphatic rings. The molecule has 1 aromatic carbocycles. The summed E-state index contributed by atoms with van der Waals surface area (Å²) in [6.45, 7) is 1.94. The smallest absolute Gasteiger partial charge is 0.310 e. The van der Waals surface area contributed by atoms with Crippen LogP contribution in [0.15, 0.2) is 58.6 Å². The first-order valence-corrected chi connectivity index (χ1v) is 8.81. The van der Waals surface area contributed by atoms with E-state index in [9.17, 15) is 18.0 Å². The van der Waals surface area contributed by atoms with Gasteiger partial charge >= 0.3 is 6.18 Å². The van der Waals surface area contributed by atoms with Crippen molar-refractivity contribution in [3.05, 3.63) is 75.5 Å². The van der Waals surface area contributed by atoms with Gasteiger partial charge in [-0.05, 0) is 31.4 Å². The van der Waals surface area contributed by atoms with Gasteiger partial charge in [0.05, 0.1) is 11.9 Å². The first kappa shape index (κ1) is 18.2. The standard InChI is InChI=1S/C20H17F3N4O/c1-12-4-2-3-5-16(12)27-18-15(11-24-27)19(28)26-17(25-18)10-13-6-8-14(9-7-13)20(21,22)23/h2-6,8,11H,7,9-10H2,1H3,(H,25,26,28). The third-order valence-corrected chi connectivity index (χ3v) is 4.83. The number of benzene rings is 1. The highest BCUT2D eigenvalue weighted by Gasteiger charge is 2.33. The lowest BCUT2D eigenvalue weighted by Crippen LogP contribution is -2.16. The zero-order valence-corrected chi connectivity index (χ0v) is 15.0. The van der Waals surface area contributed by atoms with E-state index in [2.05, 4.69) is 15.1 Å². The predicted octanol–water partition coefficient (Wildman–Crippen LogP) is 4.17. The third-order valence-electron chi connectivity index (χ3n) is 4.83. The number of hydrogen-bond acceptors (Lipinski definition) is 3. The molecule has 3 aromatic rings. The highest BCUT2D eigenvalue weighted by Crippen LogP contribution is 2.33. The van der Waals surface area contributed by atoms with Crippen molar-refractivity contribution in [3.8, 4) is 5.69 Å². The lowest BCUT2D eigenvalue weighted by Gasteiger charge is -2.16. The van der Waals surface area contributed by atoms with Crippen LogP contribution in [0, 0.1) is 6.92 Å². The normalized spacial score (nSPS) is 14.9. The molecule has 2 aromatic heterocycles. The van der Waals surface area contributed by atoms with E-state index in [1.54, 1.807) is 4.68 Å². The molecule has 144 valence electrons. The second-order valence-corrected chi connectivity index (χ2v) is 6.78. The molecule has 2 heterocycles. The average Bonchev–Trinajstić information content (AvgIpc) is 3.06. The minimum atomic E-state index is -4.30. The van der Waals surface area contributed by atoms with Crippen LogP contribution in [-0.4, -0.2) is 25.9 Å². The van der Waals surface area contributed by atoms with Crippen LogP contribution in [-0.2, 0) is 6.42 Å². The largest absolute Gasteiger partial charge is 0.412 e. The maximum atomic E-state index is 12.8. The molecule has 0 amide bonds. The number of nitrogens with zero attached hydrogens (tertiary/aromatic N) is 3. The van der Waals surface area contributed by atoms with Crippen molar-refractivity contribution in [2.75, 3.05) is 0 Å². The molecule has 28 heavy (non-hydrogen) atoms. The van der Waals surface area contributed by atoms with E-state index in [1.165, 1.54) is 12.3 Å². The van der Waals surface area contributed by atoms with Crippen molar-refractivity contribution in [2.45, 2.75) is 32.4 Å². The van der Waals surface area contributed by atoms with Crippen molar-refractivity contribution in [2.24, 2.45) is 0 Å². The zero-order chi connectivity index (χ0) is 19.9. The molecule has 0 spiro atoms. The van der Waals surface area contributed by atoms with Crippen LogP contribution in [0.5, 0.6) is 0 Å². The van der Waals surface area contributed by atoms with Crippen LogP contribution in [0.2, 0.25) is 0 Å². The second kappa shape index (κ2) is 6.78. The van der Waals surface area contributed by atoms with Crippen LogP contribution in [0.4, 0.5) is 13.2 Å². The van der Waals surface area contributed by atoms with E-state index in [0.717, 1.165) is 22.9 Å². The lowest BCUT2D eigenvalue weighted by atomic mass is 9.96. The summed E-state index contributed by atoms with van der Waals surface area (Å²) >= 11 is 0. The van der Waals surface area contributed by atoms with E-state index >= 15 is 0 Å². The highest BCUT2D eigenvalue weighted by atomic mass is 19.4. The lowest BCUT2D eigenvalue weighted by molar-refractivity contribution is -0.0941. The summed E-state index contributed by atoms with van der Waals surface area (Å²) < 4.78 is 39.9. The summed E-state index contributed by atoms with van der Waals surface area (Å²) in [5, 5.41) is 4.66. The molecule has 0 bridgehead atoms. The average molecular weight is 386 g/mol. The van der Waals surface area contributed by atoms with Crippen molar-refractivity contribution in [1.82, 2.24) is 19.7 Å². The Hall–Kier alpha value is -3.16. The van der Waals surface area contributed by atoms with Gasteiger partial charge in [-0.2, -0.15) is 18.3 Å². The molecule has 1 N–H and O–H groups in total. The number of halogens is 3. The van der Waals surface area contributed by atoms with Crippen molar-refractivity contribution >= 4 is 11.0 Å². The molecule has 0 radical (unpaired) electrons. The number of aryl methyl sites for hydroxylation is 1. The number of aromatic nitrogens is 4. The number of para-hydroxylation sites is 1. The van der Waals surface area contributed by atoms with Crippen LogP contribution in [0.1, 0.15) is 24.2 Å². The molecule has 0 unspecified atom stereocenters. The summed E-state index contributed by atoms with van der Waals surface area (Å²) in [5.74, 6) is 0.406. The Labute approximate surface area is 158 Å². The van der Waals surface area contributed by atoms with Gasteiger partial charge in [0.15, 0.2) is 5.65 Å². The third kappa shape index (κ3) is 3.37. The number of allylic oxidation sites excluding steroid dienone is 4. The summed E-state index contributed by atoms with van der Waals surface area (Å²) in [7, 11) is 0. The molecular weight excluding hydrogens is 369 g/mol. The molecule has 1 aliphatic carbocycles. The first-order valence-electron chi connectivity index (χ1n) is 8.81. The van der Waals surface area contributed by atoms with Crippen LogP contribution in [0.25, 0.3) is 16.7 Å². The number of nitrogens with one attached hydrogen (secondary N) is 1. The van der Waals surface area contributed by atoms with Gasteiger partial charge in [-0.25, -0.2) is 9.67 Å². The van der Waals surface area contributed by atoms with Gasteiger partial charge in [0, 0.05) is 12.0 Å². The molecule has 5 nitrogen and oxygen atoms in total. The molecule has 0 saturated carbocycles. The fraction of sp³-hybridized carbons (Fsp3) is 0.250. The van der Waals surface area contributed by atoms with E-state index in [4.69, 9.17) is 0 Å². The van der Waals surface area contributed by atoms with Gasteiger partial charge in [0.25, 0.3) is 5.56 Å². The predicted molar refractivity (Wildman–Crippen MR) is 99.4 cm³/mol. The van der Waals surface area contributed by atoms with Gasteiger partial charge in [-0.1, -0.05) is 35.9 Å². The summed E-state index contributed by atoms with van der Waals surface area (Å²) in [5.41, 5.74) is 2.16. The summed E-state index contributed by atoms with van der Waals surface area (Å²) in [6, 6.07) is 7.61. The van der Waals surface area contributed by atoms with Gasteiger partial charge in [-0.3, -0.25) is 4.79 Å². The molecule has 0 fully saturated rings. The fourth-order valence-corrected chi connectivity index (χ4v) is 3.30. The van der Waals surface area contributed by atoms with E-state index in [0.29, 0.717) is 16.9 Å². The minimum Gasteiger partial charge on any atom is -0.310 e. The zero-order valence-electron chi connectivity index (χ0n) is 15.0. The van der Waals surface area contributed by atoms with E-state index in [1.807, 2.05) is 31.2 Å². The Balaban J connectivity index is 1.71. The molecular formula is C20H17F3N4O. The number of H-pyrrole nitrogens is 1. The van der Waals surface area contributed by atoms with Gasteiger partial charge < -0.3 is 4.98 Å². The number of aromatic amines is 1. The summed E-state index contributed by atoms with van der Waals surface area (Å²) in [6.07, 6.45) is 0.240. The molecule has 0 atom stereocenters. The maximum Gasteiger partial charge on any atom is 0.412 e. The Kier molecular flexibility index (Phi) is 4.41. The second-order valence-electron chi connectivity index (χ2n) is 6.78. The molecule has 0 saturated heterocycles. The maximum absolute atomic E-state index is 12.8. The van der Waals surface area contributed by atoms with Crippen LogP contribution >= 0.6 is 0 Å². The Bertz CT molecular complexity index is 1170. The van der Waals surface area contributed by atoms with Crippen LogP contribution < -0.4 is 5.56 Å². The Morgan fingerprint density at radius 1 is 1.18 bits per heavy atom. The van der Waals surface area contributed by atoms with E-state index < -0.39 is 11.7 Å². The SMILES string of the molecule is Cc1ccccc1-n1ncc2c(=O)[nH]c(CC3=CC=C(C(F)(F)F)CC3)nc21. The minimum absolute atomic E-state index is 0.0665. The summed E-state index contributed by atoms with van der Waals surface area (Å²) in [4.78, 5) is 19.7. The van der Waals surface area contributed by atoms with Gasteiger partial charge in [-0.15, -0.1) is 0 Å². The first-order chi connectivity index (χ1) is 13.3. The number of hydrogen-bond donors (Lipinski definition) is 1. The number of rotatable bonds is 3. The quantitative estimate of drug-likeness (QED) is 0.735. The van der Waals surface area contributed by atoms with Crippen molar-refractivity contribution < 1.29 is 13.2 Å². The van der Waals surface area contributed by atoms with Gasteiger partial charge in [0.2, 0.25) is 0 Å². The Morgan fingerprint density at radius 3 is 2.64 bits per heavy atom. The monoisotopic (exact) mass is 386 g/mol. The Morgan fingerprint density at radius 2 is 1.96 bits per heavy atom. The van der Waals surface area contributed by atoms with E-state index in [-0.39, 0.29) is 24.8 Å². The number of fused-ring (bicyclic) bond motifs is 1. The van der Waals surface area contributed by atoms with Crippen molar-refractivity contribution in [1.29, 1.82) is 0 Å². The topological polar surface area (TPSA) is 63.6 Å². The number of alkyl halides is 3. The fourth-order valence-electron chi connectivity index (χ4n) is 3.30. The molecule has 8 heteroatoms. The van der Waals surface area contributed by atoms with Gasteiger partial charge in [0.1, 0.15) is 11.2 Å².